The van der Waals surface area contributed by atoms with E-state index in [1.165, 1.54) is 17.5 Å². The Morgan fingerprint density at radius 1 is 1.00 bits per heavy atom. The molecule has 0 aliphatic heterocycles. The van der Waals surface area contributed by atoms with Crippen molar-refractivity contribution in [1.82, 2.24) is 0 Å². The Balaban J connectivity index is 2.71. The molecule has 15 heavy (non-hydrogen) atoms. The minimum Gasteiger partial charge on any atom is -0.127 e. The summed E-state index contributed by atoms with van der Waals surface area (Å²) in [5.41, 5.74) is 2.85. The van der Waals surface area contributed by atoms with Crippen molar-refractivity contribution in [1.29, 1.82) is 0 Å². The number of hydrogen-bond acceptors (Lipinski definition) is 0. The van der Waals surface area contributed by atoms with E-state index < -0.39 is 0 Å². The SMILES string of the molecule is CCC(C)c1ccc(C(C)CCCl)cc1. The molecule has 84 valence electrons. The van der Waals surface area contributed by atoms with E-state index in [0.717, 1.165) is 12.3 Å². The summed E-state index contributed by atoms with van der Waals surface area (Å²) < 4.78 is 0. The van der Waals surface area contributed by atoms with Crippen LogP contribution in [0.2, 0.25) is 0 Å². The van der Waals surface area contributed by atoms with E-state index in [9.17, 15) is 0 Å². The molecule has 1 rings (SSSR count). The zero-order valence-corrected chi connectivity index (χ0v) is 10.7. The number of rotatable bonds is 5. The summed E-state index contributed by atoms with van der Waals surface area (Å²) in [7, 11) is 0. The Morgan fingerprint density at radius 2 is 1.47 bits per heavy atom. The standard InChI is InChI=1S/C14H21Cl/c1-4-11(2)13-5-7-14(8-6-13)12(3)9-10-15/h5-8,11-12H,4,9-10H2,1-3H3. The van der Waals surface area contributed by atoms with E-state index in [4.69, 9.17) is 11.6 Å². The summed E-state index contributed by atoms with van der Waals surface area (Å²) in [4.78, 5) is 0. The number of benzene rings is 1. The van der Waals surface area contributed by atoms with Crippen LogP contribution in [0.3, 0.4) is 0 Å². The lowest BCUT2D eigenvalue weighted by Crippen LogP contribution is -1.96. The summed E-state index contributed by atoms with van der Waals surface area (Å²) in [5, 5.41) is 0. The Bertz CT molecular complexity index is 276. The van der Waals surface area contributed by atoms with Gasteiger partial charge in [0.05, 0.1) is 0 Å². The Morgan fingerprint density at radius 3 is 1.87 bits per heavy atom. The fourth-order valence-corrected chi connectivity index (χ4v) is 2.05. The van der Waals surface area contributed by atoms with Crippen LogP contribution in [0.4, 0.5) is 0 Å². The monoisotopic (exact) mass is 224 g/mol. The van der Waals surface area contributed by atoms with Crippen molar-refractivity contribution in [2.24, 2.45) is 0 Å². The molecule has 0 aliphatic carbocycles. The zero-order valence-electron chi connectivity index (χ0n) is 9.96. The summed E-state index contributed by atoms with van der Waals surface area (Å²) in [5.74, 6) is 1.99. The smallest absolute Gasteiger partial charge is 0.0229 e. The lowest BCUT2D eigenvalue weighted by molar-refractivity contribution is 0.721. The van der Waals surface area contributed by atoms with Gasteiger partial charge in [-0.1, -0.05) is 45.0 Å². The van der Waals surface area contributed by atoms with Gasteiger partial charge in [0.2, 0.25) is 0 Å². The molecule has 1 heteroatoms. The Labute approximate surface area is 98.7 Å². The van der Waals surface area contributed by atoms with Crippen molar-refractivity contribution in [3.05, 3.63) is 35.4 Å². The fourth-order valence-electron chi connectivity index (χ4n) is 1.72. The van der Waals surface area contributed by atoms with Gasteiger partial charge in [-0.3, -0.25) is 0 Å². The maximum atomic E-state index is 5.75. The number of hydrogen-bond donors (Lipinski definition) is 0. The Hall–Kier alpha value is -0.490. The zero-order chi connectivity index (χ0) is 11.3. The molecule has 0 heterocycles. The van der Waals surface area contributed by atoms with Crippen LogP contribution in [0.5, 0.6) is 0 Å². The molecular weight excluding hydrogens is 204 g/mol. The molecule has 0 fully saturated rings. The van der Waals surface area contributed by atoms with Crippen molar-refractivity contribution < 1.29 is 0 Å². The van der Waals surface area contributed by atoms with Gasteiger partial charge >= 0.3 is 0 Å². The highest BCUT2D eigenvalue weighted by atomic mass is 35.5. The third-order valence-electron chi connectivity index (χ3n) is 3.23. The van der Waals surface area contributed by atoms with E-state index in [1.807, 2.05) is 0 Å². The highest BCUT2D eigenvalue weighted by Crippen LogP contribution is 2.23. The molecule has 0 aromatic heterocycles. The number of halogens is 1. The van der Waals surface area contributed by atoms with E-state index >= 15 is 0 Å². The van der Waals surface area contributed by atoms with Crippen LogP contribution >= 0.6 is 11.6 Å². The third kappa shape index (κ3) is 3.53. The lowest BCUT2D eigenvalue weighted by Gasteiger charge is -2.13. The van der Waals surface area contributed by atoms with Crippen molar-refractivity contribution in [3.63, 3.8) is 0 Å². The van der Waals surface area contributed by atoms with Gasteiger partial charge in [-0.25, -0.2) is 0 Å². The van der Waals surface area contributed by atoms with Crippen LogP contribution in [0.25, 0.3) is 0 Å². The molecule has 0 nitrogen and oxygen atoms in total. The molecule has 0 spiro atoms. The van der Waals surface area contributed by atoms with Crippen LogP contribution in [-0.2, 0) is 0 Å². The molecule has 0 radical (unpaired) electrons. The molecule has 2 unspecified atom stereocenters. The van der Waals surface area contributed by atoms with Gasteiger partial charge in [0.1, 0.15) is 0 Å². The minimum atomic E-state index is 0.577. The third-order valence-corrected chi connectivity index (χ3v) is 3.45. The molecule has 0 amide bonds. The van der Waals surface area contributed by atoms with Crippen LogP contribution < -0.4 is 0 Å². The molecule has 0 saturated heterocycles. The summed E-state index contributed by atoms with van der Waals surface area (Å²) >= 11 is 5.75. The normalized spacial score (nSPS) is 14.9. The predicted octanol–water partition coefficient (Wildman–Crippen LogP) is 4.93. The van der Waals surface area contributed by atoms with Gasteiger partial charge < -0.3 is 0 Å². The highest BCUT2D eigenvalue weighted by molar-refractivity contribution is 6.17. The molecule has 1 aromatic rings. The first-order valence-electron chi connectivity index (χ1n) is 5.84. The van der Waals surface area contributed by atoms with Gasteiger partial charge in [0, 0.05) is 5.88 Å². The number of alkyl halides is 1. The average Bonchev–Trinajstić information content (AvgIpc) is 2.28. The summed E-state index contributed by atoms with van der Waals surface area (Å²) in [6.07, 6.45) is 2.26. The van der Waals surface area contributed by atoms with Crippen molar-refractivity contribution in [3.8, 4) is 0 Å². The lowest BCUT2D eigenvalue weighted by atomic mass is 9.93. The molecule has 0 saturated carbocycles. The van der Waals surface area contributed by atoms with E-state index in [2.05, 4.69) is 45.0 Å². The fraction of sp³-hybridized carbons (Fsp3) is 0.571. The van der Waals surface area contributed by atoms with Crippen LogP contribution in [0.15, 0.2) is 24.3 Å². The van der Waals surface area contributed by atoms with Crippen molar-refractivity contribution >= 4 is 11.6 Å². The molecule has 0 bridgehead atoms. The van der Waals surface area contributed by atoms with Crippen LogP contribution in [-0.4, -0.2) is 5.88 Å². The second-order valence-corrected chi connectivity index (χ2v) is 4.73. The molecule has 1 aromatic carbocycles. The Kier molecular flexibility index (Phi) is 5.17. The van der Waals surface area contributed by atoms with Crippen molar-refractivity contribution in [2.75, 3.05) is 5.88 Å². The van der Waals surface area contributed by atoms with Gasteiger partial charge in [-0.05, 0) is 35.8 Å². The van der Waals surface area contributed by atoms with E-state index in [-0.39, 0.29) is 0 Å². The van der Waals surface area contributed by atoms with E-state index in [0.29, 0.717) is 11.8 Å². The van der Waals surface area contributed by atoms with Crippen LogP contribution in [0.1, 0.15) is 56.6 Å². The van der Waals surface area contributed by atoms with E-state index in [1.54, 1.807) is 0 Å². The molecule has 0 N–H and O–H groups in total. The second kappa shape index (κ2) is 6.17. The van der Waals surface area contributed by atoms with Gasteiger partial charge in [-0.2, -0.15) is 0 Å². The molecule has 0 aliphatic rings. The second-order valence-electron chi connectivity index (χ2n) is 4.35. The first kappa shape index (κ1) is 12.6. The predicted molar refractivity (Wildman–Crippen MR) is 68.9 cm³/mol. The maximum Gasteiger partial charge on any atom is 0.0229 e. The minimum absolute atomic E-state index is 0.577. The van der Waals surface area contributed by atoms with Gasteiger partial charge in [0.15, 0.2) is 0 Å². The maximum absolute atomic E-state index is 5.75. The quantitative estimate of drug-likeness (QED) is 0.622. The van der Waals surface area contributed by atoms with Crippen molar-refractivity contribution in [2.45, 2.75) is 45.4 Å². The first-order chi connectivity index (χ1) is 7.19. The van der Waals surface area contributed by atoms with Gasteiger partial charge in [-0.15, -0.1) is 11.6 Å². The largest absolute Gasteiger partial charge is 0.127 e. The topological polar surface area (TPSA) is 0 Å². The highest BCUT2D eigenvalue weighted by Gasteiger charge is 2.06. The average molecular weight is 225 g/mol. The molecular formula is C14H21Cl. The summed E-state index contributed by atoms with van der Waals surface area (Å²) in [6, 6.07) is 9.01. The van der Waals surface area contributed by atoms with Gasteiger partial charge in [0.25, 0.3) is 0 Å². The van der Waals surface area contributed by atoms with Crippen LogP contribution in [0, 0.1) is 0 Å². The summed E-state index contributed by atoms with van der Waals surface area (Å²) in [6.45, 7) is 6.74. The molecule has 2 atom stereocenters. The first-order valence-corrected chi connectivity index (χ1v) is 6.38.